The van der Waals surface area contributed by atoms with Gasteiger partial charge in [0.1, 0.15) is 23.0 Å². The summed E-state index contributed by atoms with van der Waals surface area (Å²) in [5.74, 6) is 3.45. The highest BCUT2D eigenvalue weighted by atomic mass is 16.5. The molecule has 0 N–H and O–H groups in total. The summed E-state index contributed by atoms with van der Waals surface area (Å²) in [6, 6.07) is 138. The molecule has 0 unspecified atom stereocenters. The third kappa shape index (κ3) is 8.99. The average molecular weight is 1400 g/mol. The maximum atomic E-state index is 7.27. The lowest BCUT2D eigenvalue weighted by Crippen LogP contribution is -1.99. The van der Waals surface area contributed by atoms with Crippen LogP contribution in [0, 0.1) is 0 Å². The lowest BCUT2D eigenvalue weighted by molar-refractivity contribution is 0.487. The van der Waals surface area contributed by atoms with Gasteiger partial charge in [-0.3, -0.25) is 0 Å². The molecule has 0 atom stereocenters. The van der Waals surface area contributed by atoms with Gasteiger partial charge in [0.25, 0.3) is 0 Å². The molecule has 0 spiro atoms. The zero-order valence-corrected chi connectivity index (χ0v) is 59.4. The Bertz CT molecular complexity index is 7690. The summed E-state index contributed by atoms with van der Waals surface area (Å²) >= 11 is 0. The van der Waals surface area contributed by atoms with Crippen LogP contribution < -0.4 is 9.47 Å². The van der Waals surface area contributed by atoms with E-state index in [9.17, 15) is 0 Å². The van der Waals surface area contributed by atoms with E-state index in [2.05, 4.69) is 394 Å². The van der Waals surface area contributed by atoms with Crippen LogP contribution in [0.5, 0.6) is 23.0 Å². The van der Waals surface area contributed by atoms with E-state index in [1.54, 1.807) is 0 Å². The van der Waals surface area contributed by atoms with Crippen molar-refractivity contribution in [2.45, 2.75) is 0 Å². The molecule has 4 aromatic heterocycles. The van der Waals surface area contributed by atoms with Gasteiger partial charge in [0.05, 0.1) is 44.1 Å². The minimum Gasteiger partial charge on any atom is -0.456 e. The van der Waals surface area contributed by atoms with Crippen LogP contribution in [0.1, 0.15) is 0 Å². The number of ether oxygens (including phenoxy) is 2. The van der Waals surface area contributed by atoms with Crippen molar-refractivity contribution in [3.63, 3.8) is 0 Å². The van der Waals surface area contributed by atoms with Crippen LogP contribution >= 0.6 is 0 Å². The van der Waals surface area contributed by atoms with E-state index in [1.165, 1.54) is 87.1 Å². The van der Waals surface area contributed by atoms with E-state index in [1.807, 2.05) is 0 Å². The van der Waals surface area contributed by atoms with Crippen molar-refractivity contribution < 1.29 is 9.47 Å². The molecular formula is C104H62N4O2. The highest BCUT2D eigenvalue weighted by Crippen LogP contribution is 2.54. The first-order valence-electron chi connectivity index (χ1n) is 37.8. The molecule has 510 valence electrons. The average Bonchev–Trinajstić information content (AvgIpc) is 1.52. The van der Waals surface area contributed by atoms with Gasteiger partial charge in [0.2, 0.25) is 0 Å². The van der Waals surface area contributed by atoms with Gasteiger partial charge in [-0.15, -0.1) is 0 Å². The van der Waals surface area contributed by atoms with E-state index in [0.29, 0.717) is 0 Å². The fourth-order valence-corrected chi connectivity index (χ4v) is 18.6. The fraction of sp³-hybridized carbons (Fsp3) is 0. The molecule has 0 aliphatic carbocycles. The van der Waals surface area contributed by atoms with E-state index in [0.717, 1.165) is 145 Å². The first-order valence-corrected chi connectivity index (χ1v) is 37.8. The highest BCUT2D eigenvalue weighted by Gasteiger charge is 2.29. The standard InChI is InChI=1S/C104H62N4O2/c1-4-20-63(21-5-1)64-40-47-75(48-41-64)105-89-37-13-10-30-77(89)87-56-68(45-52-91(87)105)70-43-51-84-94(58-70)107(74-27-8-3-9-28-74)96-62-100-104-82(34-19-36-86(104)102(84)96)80-49-42-72(60-98(80)110-100)66-23-16-22-65(54-66)67-24-17-29-76(55-67)108-90-38-14-11-31-78(90)88-57-69(46-53-92(88)108)71-44-50-83-93(59-71)106(73-25-6-2-7-26-73)95-61-99-103-81(33-18-35-85(103)101(83)95)79-32-12-15-39-97(79)109-99/h1-62H. The number of para-hydroxylation sites is 5. The van der Waals surface area contributed by atoms with Gasteiger partial charge in [0, 0.05) is 99.9 Å². The molecule has 0 saturated carbocycles. The summed E-state index contributed by atoms with van der Waals surface area (Å²) in [7, 11) is 0. The van der Waals surface area contributed by atoms with Crippen LogP contribution in [-0.4, -0.2) is 18.3 Å². The third-order valence-corrected chi connectivity index (χ3v) is 23.5. The maximum Gasteiger partial charge on any atom is 0.138 e. The molecule has 110 heavy (non-hydrogen) atoms. The van der Waals surface area contributed by atoms with E-state index >= 15 is 0 Å². The topological polar surface area (TPSA) is 38.2 Å². The monoisotopic (exact) mass is 1400 g/mol. The lowest BCUT2D eigenvalue weighted by atomic mass is 9.90. The van der Waals surface area contributed by atoms with Crippen LogP contribution in [0.25, 0.3) is 209 Å². The number of nitrogens with zero attached hydrogens (tertiary/aromatic N) is 4. The minimum absolute atomic E-state index is 0.837. The molecule has 0 bridgehead atoms. The van der Waals surface area contributed by atoms with Crippen LogP contribution in [0.3, 0.4) is 0 Å². The second-order valence-corrected chi connectivity index (χ2v) is 29.4. The molecule has 2 aliphatic rings. The van der Waals surface area contributed by atoms with Gasteiger partial charge in [-0.2, -0.15) is 0 Å². The van der Waals surface area contributed by atoms with Gasteiger partial charge >= 0.3 is 0 Å². The Morgan fingerprint density at radius 2 is 0.509 bits per heavy atom. The second kappa shape index (κ2) is 23.4. The quantitative estimate of drug-likeness (QED) is 0.144. The number of hydrogen-bond donors (Lipinski definition) is 0. The highest BCUT2D eigenvalue weighted by molar-refractivity contribution is 6.28. The molecule has 6 heteroatoms. The number of aromatic nitrogens is 4. The molecule has 6 heterocycles. The molecule has 0 radical (unpaired) electrons. The lowest BCUT2D eigenvalue weighted by Gasteiger charge is -2.23. The predicted octanol–water partition coefficient (Wildman–Crippen LogP) is 28.3. The zero-order chi connectivity index (χ0) is 71.8. The molecule has 22 aromatic rings. The van der Waals surface area contributed by atoms with Gasteiger partial charge in [0.15, 0.2) is 0 Å². The number of hydrogen-bond acceptors (Lipinski definition) is 2. The molecule has 6 nitrogen and oxygen atoms in total. The summed E-state index contributed by atoms with van der Waals surface area (Å²) < 4.78 is 23.7. The predicted molar refractivity (Wildman–Crippen MR) is 457 cm³/mol. The molecule has 24 rings (SSSR count). The van der Waals surface area contributed by atoms with Crippen molar-refractivity contribution in [1.29, 1.82) is 0 Å². The minimum atomic E-state index is 0.837. The largest absolute Gasteiger partial charge is 0.456 e. The number of benzene rings is 18. The summed E-state index contributed by atoms with van der Waals surface area (Å²) in [5, 5.41) is 14.3. The summed E-state index contributed by atoms with van der Waals surface area (Å²) in [6.45, 7) is 0. The van der Waals surface area contributed by atoms with Crippen molar-refractivity contribution in [3.8, 4) is 124 Å². The van der Waals surface area contributed by atoms with Crippen molar-refractivity contribution >= 4 is 109 Å². The Morgan fingerprint density at radius 1 is 0.145 bits per heavy atom. The van der Waals surface area contributed by atoms with Gasteiger partial charge in [-0.1, -0.05) is 243 Å². The number of rotatable bonds is 9. The van der Waals surface area contributed by atoms with Crippen LogP contribution in [-0.2, 0) is 0 Å². The smallest absolute Gasteiger partial charge is 0.138 e. The van der Waals surface area contributed by atoms with Crippen LogP contribution in [0.15, 0.2) is 376 Å². The molecule has 0 saturated heterocycles. The van der Waals surface area contributed by atoms with E-state index < -0.39 is 0 Å². The van der Waals surface area contributed by atoms with Crippen molar-refractivity contribution in [2.24, 2.45) is 0 Å². The van der Waals surface area contributed by atoms with E-state index in [4.69, 9.17) is 9.47 Å². The summed E-state index contributed by atoms with van der Waals surface area (Å²) in [6.07, 6.45) is 0. The Morgan fingerprint density at radius 3 is 1.10 bits per heavy atom. The molecule has 2 aliphatic heterocycles. The van der Waals surface area contributed by atoms with Crippen LogP contribution in [0.4, 0.5) is 0 Å². The molecule has 18 aromatic carbocycles. The van der Waals surface area contributed by atoms with Crippen molar-refractivity contribution in [1.82, 2.24) is 18.3 Å². The van der Waals surface area contributed by atoms with Crippen molar-refractivity contribution in [2.75, 3.05) is 0 Å². The normalized spacial score (nSPS) is 12.3. The Hall–Kier alpha value is -14.7. The van der Waals surface area contributed by atoms with E-state index in [-0.39, 0.29) is 0 Å². The molecular weight excluding hydrogens is 1340 g/mol. The first-order chi connectivity index (χ1) is 54.5. The van der Waals surface area contributed by atoms with Crippen molar-refractivity contribution in [3.05, 3.63) is 376 Å². The zero-order valence-electron chi connectivity index (χ0n) is 59.4. The second-order valence-electron chi connectivity index (χ2n) is 29.4. The van der Waals surface area contributed by atoms with Crippen LogP contribution in [0.2, 0.25) is 0 Å². The van der Waals surface area contributed by atoms with Gasteiger partial charge in [-0.05, 0) is 199 Å². The summed E-state index contributed by atoms with van der Waals surface area (Å²) in [4.78, 5) is 0. The SMILES string of the molecule is c1ccc(-c2ccc(-n3c4ccccc4c4cc(-c5ccc6c7c8cccc9c8c(cc7n(-c7ccccc7)c6c5)Oc5cc(-c6cccc(-c7cccc(-n8c%10ccccc%10c%10cc(-c%11ccc%12c%13c%14cccc%15c%14c(cc%13n(-c%13ccccc%13)c%12c%11)Oc%11ccccc%11-%15)ccc%108)c7)c6)ccc5-9)ccc43)cc2)cc1. The summed E-state index contributed by atoms with van der Waals surface area (Å²) in [5.41, 5.74) is 29.7. The Kier molecular flexibility index (Phi) is 12.9. The first kappa shape index (κ1) is 60.5. The molecule has 0 fully saturated rings. The maximum absolute atomic E-state index is 7.27. The molecule has 0 amide bonds. The Labute approximate surface area is 632 Å². The number of fused-ring (bicyclic) bond motifs is 18. The van der Waals surface area contributed by atoms with Gasteiger partial charge in [-0.25, -0.2) is 0 Å². The third-order valence-electron chi connectivity index (χ3n) is 23.5. The van der Waals surface area contributed by atoms with Gasteiger partial charge < -0.3 is 27.7 Å². The Balaban J connectivity index is 0.568. The fourth-order valence-electron chi connectivity index (χ4n) is 18.6.